The molecule has 1 aliphatic heterocycles. The molecule has 0 aromatic carbocycles. The summed E-state index contributed by atoms with van der Waals surface area (Å²) in [4.78, 5) is 8.73. The Balaban J connectivity index is 1.45. The molecule has 1 aromatic rings. The molecule has 2 heterocycles. The Morgan fingerprint density at radius 1 is 1.32 bits per heavy atom. The Hall–Kier alpha value is -1.04. The molecule has 6 heteroatoms. The average Bonchev–Trinajstić information content (AvgIpc) is 2.96. The number of nitrogens with zero attached hydrogens (tertiary/aromatic N) is 3. The van der Waals surface area contributed by atoms with Gasteiger partial charge in [0.05, 0.1) is 0 Å². The van der Waals surface area contributed by atoms with Crippen LogP contribution >= 0.6 is 11.8 Å². The van der Waals surface area contributed by atoms with E-state index in [9.17, 15) is 0 Å². The minimum atomic E-state index is 0.501. The molecule has 3 rings (SSSR count). The fraction of sp³-hybridized carbons (Fsp3) is 0.769. The molecular weight excluding hydrogens is 260 g/mol. The monoisotopic (exact) mass is 280 g/mol. The first-order valence-corrected chi connectivity index (χ1v) is 8.02. The van der Waals surface area contributed by atoms with Gasteiger partial charge in [0.2, 0.25) is 5.89 Å². The van der Waals surface area contributed by atoms with Crippen LogP contribution in [-0.2, 0) is 6.42 Å². The van der Waals surface area contributed by atoms with Crippen molar-refractivity contribution in [3.05, 3.63) is 12.2 Å². The SMILES string of the molecule is c1noc(CCNC2=NCC3(CCCCC3)CS2)n1. The summed E-state index contributed by atoms with van der Waals surface area (Å²) in [6.07, 6.45) is 9.09. The van der Waals surface area contributed by atoms with E-state index in [1.54, 1.807) is 0 Å². The third-order valence-corrected chi connectivity index (χ3v) is 5.31. The van der Waals surface area contributed by atoms with Gasteiger partial charge in [0.15, 0.2) is 11.5 Å². The largest absolute Gasteiger partial charge is 0.364 e. The van der Waals surface area contributed by atoms with Crippen LogP contribution in [0.25, 0.3) is 0 Å². The van der Waals surface area contributed by atoms with Crippen molar-refractivity contribution < 1.29 is 4.52 Å². The minimum Gasteiger partial charge on any atom is -0.364 e. The predicted octanol–water partition coefficient (Wildman–Crippen LogP) is 2.25. The topological polar surface area (TPSA) is 63.3 Å². The Bertz CT molecular complexity index is 426. The molecule has 0 bridgehead atoms. The molecule has 0 saturated heterocycles. The van der Waals surface area contributed by atoms with Crippen LogP contribution in [0.2, 0.25) is 0 Å². The minimum absolute atomic E-state index is 0.501. The van der Waals surface area contributed by atoms with Crippen molar-refractivity contribution in [3.63, 3.8) is 0 Å². The van der Waals surface area contributed by atoms with E-state index in [0.29, 0.717) is 11.3 Å². The quantitative estimate of drug-likeness (QED) is 0.920. The number of nitrogens with one attached hydrogen (secondary N) is 1. The Kier molecular flexibility index (Phi) is 4.06. The van der Waals surface area contributed by atoms with Crippen molar-refractivity contribution in [2.75, 3.05) is 18.8 Å². The van der Waals surface area contributed by atoms with Crippen molar-refractivity contribution >= 4 is 16.9 Å². The third kappa shape index (κ3) is 3.29. The van der Waals surface area contributed by atoms with E-state index < -0.39 is 0 Å². The lowest BCUT2D eigenvalue weighted by Gasteiger charge is -2.38. The van der Waals surface area contributed by atoms with Gasteiger partial charge in [0.25, 0.3) is 0 Å². The molecule has 0 unspecified atom stereocenters. The van der Waals surface area contributed by atoms with Crippen LogP contribution in [0.15, 0.2) is 15.8 Å². The summed E-state index contributed by atoms with van der Waals surface area (Å²) in [5.74, 6) is 1.90. The standard InChI is InChI=1S/C13H20N4OS/c1-2-5-13(6-3-1)8-15-12(19-9-13)14-7-4-11-16-10-17-18-11/h10H,1-9H2,(H,14,15). The van der Waals surface area contributed by atoms with Crippen LogP contribution in [0.1, 0.15) is 38.0 Å². The molecule has 1 N–H and O–H groups in total. The maximum absolute atomic E-state index is 4.97. The first-order chi connectivity index (χ1) is 9.36. The van der Waals surface area contributed by atoms with E-state index in [1.807, 2.05) is 11.8 Å². The van der Waals surface area contributed by atoms with Gasteiger partial charge in [-0.3, -0.25) is 4.99 Å². The Labute approximate surface area is 117 Å². The predicted molar refractivity (Wildman–Crippen MR) is 76.3 cm³/mol. The van der Waals surface area contributed by atoms with E-state index >= 15 is 0 Å². The average molecular weight is 280 g/mol. The fourth-order valence-corrected chi connectivity index (χ4v) is 4.03. The molecule has 1 spiro atoms. The highest BCUT2D eigenvalue weighted by Crippen LogP contribution is 2.41. The summed E-state index contributed by atoms with van der Waals surface area (Å²) in [5.41, 5.74) is 0.501. The van der Waals surface area contributed by atoms with Gasteiger partial charge in [0, 0.05) is 25.3 Å². The zero-order chi connectivity index (χ0) is 13.0. The number of hydrogen-bond acceptors (Lipinski definition) is 6. The maximum atomic E-state index is 4.97. The second-order valence-electron chi connectivity index (χ2n) is 5.48. The summed E-state index contributed by atoms with van der Waals surface area (Å²) in [6, 6.07) is 0. The lowest BCUT2D eigenvalue weighted by atomic mass is 9.75. The fourth-order valence-electron chi connectivity index (χ4n) is 2.85. The van der Waals surface area contributed by atoms with Crippen molar-refractivity contribution in [1.82, 2.24) is 15.5 Å². The molecular formula is C13H20N4OS. The van der Waals surface area contributed by atoms with Crippen molar-refractivity contribution in [1.29, 1.82) is 0 Å². The van der Waals surface area contributed by atoms with Gasteiger partial charge in [0.1, 0.15) is 0 Å². The van der Waals surface area contributed by atoms with Crippen molar-refractivity contribution in [2.45, 2.75) is 38.5 Å². The lowest BCUT2D eigenvalue weighted by molar-refractivity contribution is 0.232. The summed E-state index contributed by atoms with van der Waals surface area (Å²) in [5, 5.41) is 8.04. The number of aromatic nitrogens is 2. The zero-order valence-corrected chi connectivity index (χ0v) is 11.9. The van der Waals surface area contributed by atoms with Gasteiger partial charge in [-0.1, -0.05) is 36.2 Å². The van der Waals surface area contributed by atoms with Crippen LogP contribution in [0.5, 0.6) is 0 Å². The second-order valence-corrected chi connectivity index (χ2v) is 6.45. The van der Waals surface area contributed by atoms with Crippen LogP contribution < -0.4 is 5.32 Å². The molecule has 19 heavy (non-hydrogen) atoms. The first-order valence-electron chi connectivity index (χ1n) is 7.03. The Morgan fingerprint density at radius 3 is 2.89 bits per heavy atom. The van der Waals surface area contributed by atoms with Crippen LogP contribution in [0.3, 0.4) is 0 Å². The summed E-state index contributed by atoms with van der Waals surface area (Å²) in [7, 11) is 0. The molecule has 2 aliphatic rings. The van der Waals surface area contributed by atoms with Gasteiger partial charge >= 0.3 is 0 Å². The lowest BCUT2D eigenvalue weighted by Crippen LogP contribution is -2.37. The molecule has 0 amide bonds. The first kappa shape index (κ1) is 13.0. The number of thioether (sulfide) groups is 1. The maximum Gasteiger partial charge on any atom is 0.228 e. The van der Waals surface area contributed by atoms with Crippen LogP contribution in [-0.4, -0.2) is 34.2 Å². The molecule has 1 fully saturated rings. The van der Waals surface area contributed by atoms with E-state index in [1.165, 1.54) is 44.2 Å². The van der Waals surface area contributed by atoms with E-state index in [0.717, 1.165) is 24.7 Å². The summed E-state index contributed by atoms with van der Waals surface area (Å²) >= 11 is 1.88. The second kappa shape index (κ2) is 5.94. The molecule has 5 nitrogen and oxygen atoms in total. The van der Waals surface area contributed by atoms with E-state index in [-0.39, 0.29) is 0 Å². The highest BCUT2D eigenvalue weighted by Gasteiger charge is 2.34. The highest BCUT2D eigenvalue weighted by molar-refractivity contribution is 8.13. The molecule has 1 aromatic heterocycles. The highest BCUT2D eigenvalue weighted by atomic mass is 32.2. The van der Waals surface area contributed by atoms with Crippen molar-refractivity contribution in [3.8, 4) is 0 Å². The summed E-state index contributed by atoms with van der Waals surface area (Å²) < 4.78 is 4.97. The third-order valence-electron chi connectivity index (χ3n) is 4.01. The van der Waals surface area contributed by atoms with Gasteiger partial charge < -0.3 is 9.84 Å². The molecule has 1 saturated carbocycles. The van der Waals surface area contributed by atoms with Gasteiger partial charge in [-0.25, -0.2) is 0 Å². The molecule has 0 atom stereocenters. The van der Waals surface area contributed by atoms with Gasteiger partial charge in [-0.2, -0.15) is 4.98 Å². The molecule has 1 aliphatic carbocycles. The van der Waals surface area contributed by atoms with E-state index in [4.69, 9.17) is 9.52 Å². The molecule has 0 radical (unpaired) electrons. The number of hydrogen-bond donors (Lipinski definition) is 1. The van der Waals surface area contributed by atoms with Gasteiger partial charge in [-0.05, 0) is 18.3 Å². The Morgan fingerprint density at radius 2 is 2.21 bits per heavy atom. The van der Waals surface area contributed by atoms with Crippen LogP contribution in [0, 0.1) is 5.41 Å². The number of amidine groups is 1. The number of rotatable bonds is 3. The van der Waals surface area contributed by atoms with Crippen LogP contribution in [0.4, 0.5) is 0 Å². The smallest absolute Gasteiger partial charge is 0.228 e. The van der Waals surface area contributed by atoms with E-state index in [2.05, 4.69) is 15.5 Å². The normalized spacial score (nSPS) is 22.2. The number of aliphatic imine (C=N–C) groups is 1. The molecule has 104 valence electrons. The van der Waals surface area contributed by atoms with Gasteiger partial charge in [-0.15, -0.1) is 0 Å². The van der Waals surface area contributed by atoms with Crippen molar-refractivity contribution in [2.24, 2.45) is 10.4 Å². The zero-order valence-electron chi connectivity index (χ0n) is 11.1. The summed E-state index contributed by atoms with van der Waals surface area (Å²) in [6.45, 7) is 1.81.